The number of hydrogen-bond donors (Lipinski definition) is 1. The molecule has 2 aromatic carbocycles. The number of carbonyl (C=O) groups excluding carboxylic acids is 2. The molecule has 1 heterocycles. The van der Waals surface area contributed by atoms with E-state index >= 15 is 0 Å². The van der Waals surface area contributed by atoms with E-state index in [2.05, 4.69) is 6.92 Å². The van der Waals surface area contributed by atoms with E-state index in [4.69, 9.17) is 20.2 Å². The fourth-order valence-electron chi connectivity index (χ4n) is 4.80. The molecule has 7 nitrogen and oxygen atoms in total. The number of amides is 2. The zero-order valence-corrected chi connectivity index (χ0v) is 18.7. The Bertz CT molecular complexity index is 1040. The Morgan fingerprint density at radius 2 is 1.75 bits per heavy atom. The van der Waals surface area contributed by atoms with Gasteiger partial charge in [-0.1, -0.05) is 43.3 Å². The van der Waals surface area contributed by atoms with Crippen molar-refractivity contribution in [1.82, 2.24) is 4.90 Å². The van der Waals surface area contributed by atoms with Crippen LogP contribution in [0.3, 0.4) is 0 Å². The van der Waals surface area contributed by atoms with Crippen molar-refractivity contribution >= 4 is 17.5 Å². The Kier molecular flexibility index (Phi) is 5.91. The summed E-state index contributed by atoms with van der Waals surface area (Å²) in [6.45, 7) is 2.20. The van der Waals surface area contributed by atoms with E-state index in [0.717, 1.165) is 18.4 Å². The molecule has 1 spiro atoms. The molecule has 7 heteroatoms. The van der Waals surface area contributed by atoms with E-state index in [1.807, 2.05) is 30.3 Å². The SMILES string of the molecule is COc1ccc(C(C(N)=O)N2C(=O)C(c3ccccc3)=NC23CCC(C)CC3)cc1OC. The van der Waals surface area contributed by atoms with E-state index in [1.165, 1.54) is 7.11 Å². The van der Waals surface area contributed by atoms with Crippen molar-refractivity contribution in [2.45, 2.75) is 44.3 Å². The molecule has 0 saturated heterocycles. The number of rotatable bonds is 6. The zero-order valence-electron chi connectivity index (χ0n) is 18.7. The maximum Gasteiger partial charge on any atom is 0.275 e. The van der Waals surface area contributed by atoms with Crippen molar-refractivity contribution < 1.29 is 19.1 Å². The summed E-state index contributed by atoms with van der Waals surface area (Å²) in [6.07, 6.45) is 3.22. The summed E-state index contributed by atoms with van der Waals surface area (Å²) < 4.78 is 10.8. The highest BCUT2D eigenvalue weighted by atomic mass is 16.5. The Morgan fingerprint density at radius 1 is 1.09 bits per heavy atom. The lowest BCUT2D eigenvalue weighted by atomic mass is 9.81. The normalized spacial score (nSPS) is 23.7. The number of nitrogens with zero attached hydrogens (tertiary/aromatic N) is 2. The van der Waals surface area contributed by atoms with Gasteiger partial charge in [-0.3, -0.25) is 19.5 Å². The second-order valence-electron chi connectivity index (χ2n) is 8.59. The minimum Gasteiger partial charge on any atom is -0.493 e. The summed E-state index contributed by atoms with van der Waals surface area (Å²) in [6, 6.07) is 13.6. The van der Waals surface area contributed by atoms with Crippen molar-refractivity contribution in [1.29, 1.82) is 0 Å². The largest absolute Gasteiger partial charge is 0.493 e. The van der Waals surface area contributed by atoms with Gasteiger partial charge < -0.3 is 15.2 Å². The molecule has 1 atom stereocenters. The first kappa shape index (κ1) is 21.9. The Balaban J connectivity index is 1.83. The number of methoxy groups -OCH3 is 2. The topological polar surface area (TPSA) is 94.2 Å². The fourth-order valence-corrected chi connectivity index (χ4v) is 4.80. The van der Waals surface area contributed by atoms with Crippen molar-refractivity contribution in [3.8, 4) is 11.5 Å². The first-order valence-corrected chi connectivity index (χ1v) is 10.9. The van der Waals surface area contributed by atoms with Crippen LogP contribution in [-0.2, 0) is 9.59 Å². The average Bonchev–Trinajstić information content (AvgIpc) is 3.08. The Hall–Kier alpha value is -3.35. The lowest BCUT2D eigenvalue weighted by Gasteiger charge is -2.44. The average molecular weight is 436 g/mol. The van der Waals surface area contributed by atoms with Gasteiger partial charge in [0.2, 0.25) is 5.91 Å². The van der Waals surface area contributed by atoms with Gasteiger partial charge in [-0.2, -0.15) is 0 Å². The number of aliphatic imine (C=N–C) groups is 1. The maximum absolute atomic E-state index is 13.8. The molecule has 2 amide bonds. The molecule has 4 rings (SSSR count). The quantitative estimate of drug-likeness (QED) is 0.752. The van der Waals surface area contributed by atoms with Crippen LogP contribution in [0.25, 0.3) is 0 Å². The molecule has 2 aromatic rings. The predicted octanol–water partition coefficient (Wildman–Crippen LogP) is 3.47. The van der Waals surface area contributed by atoms with Crippen molar-refractivity contribution in [3.05, 3.63) is 59.7 Å². The molecule has 32 heavy (non-hydrogen) atoms. The fraction of sp³-hybridized carbons (Fsp3) is 0.400. The van der Waals surface area contributed by atoms with Crippen LogP contribution in [0.2, 0.25) is 0 Å². The Labute approximate surface area is 188 Å². The van der Waals surface area contributed by atoms with Gasteiger partial charge in [0.15, 0.2) is 11.5 Å². The minimum absolute atomic E-state index is 0.274. The second-order valence-corrected chi connectivity index (χ2v) is 8.59. The minimum atomic E-state index is -0.972. The number of primary amides is 1. The molecule has 0 radical (unpaired) electrons. The van der Waals surface area contributed by atoms with Crippen molar-refractivity contribution in [3.63, 3.8) is 0 Å². The predicted molar refractivity (Wildman–Crippen MR) is 122 cm³/mol. The third-order valence-corrected chi connectivity index (χ3v) is 6.56. The number of carbonyl (C=O) groups is 2. The molecule has 1 aliphatic heterocycles. The summed E-state index contributed by atoms with van der Waals surface area (Å²) in [4.78, 5) is 33.2. The monoisotopic (exact) mass is 435 g/mol. The van der Waals surface area contributed by atoms with Gasteiger partial charge in [0.25, 0.3) is 5.91 Å². The van der Waals surface area contributed by atoms with E-state index in [1.54, 1.807) is 30.2 Å². The molecule has 1 unspecified atom stereocenters. The standard InChI is InChI=1S/C25H29N3O4/c1-16-11-13-25(14-12-16)27-21(17-7-5-4-6-8-17)24(30)28(25)22(23(26)29)18-9-10-19(31-2)20(15-18)32-3/h4-10,15-16,22H,11-14H2,1-3H3,(H2,26,29). The van der Waals surface area contributed by atoms with Gasteiger partial charge in [-0.15, -0.1) is 0 Å². The lowest BCUT2D eigenvalue weighted by Crippen LogP contribution is -2.53. The van der Waals surface area contributed by atoms with E-state index < -0.39 is 17.6 Å². The van der Waals surface area contributed by atoms with Crippen LogP contribution in [0, 0.1) is 5.92 Å². The number of nitrogens with two attached hydrogens (primary N) is 1. The summed E-state index contributed by atoms with van der Waals surface area (Å²) >= 11 is 0. The molecular formula is C25H29N3O4. The lowest BCUT2D eigenvalue weighted by molar-refractivity contribution is -0.141. The van der Waals surface area contributed by atoms with Crippen LogP contribution in [0.4, 0.5) is 0 Å². The number of hydrogen-bond acceptors (Lipinski definition) is 5. The van der Waals surface area contributed by atoms with Crippen LogP contribution in [-0.4, -0.2) is 42.3 Å². The molecule has 1 fully saturated rings. The van der Waals surface area contributed by atoms with Gasteiger partial charge >= 0.3 is 0 Å². The van der Waals surface area contributed by atoms with Gasteiger partial charge in [0.05, 0.1) is 14.2 Å². The molecule has 168 valence electrons. The van der Waals surface area contributed by atoms with Gasteiger partial charge in [0, 0.05) is 5.56 Å². The highest BCUT2D eigenvalue weighted by molar-refractivity contribution is 6.47. The summed E-state index contributed by atoms with van der Waals surface area (Å²) in [7, 11) is 3.08. The summed E-state index contributed by atoms with van der Waals surface area (Å²) in [5.74, 6) is 0.673. The van der Waals surface area contributed by atoms with Crippen LogP contribution in [0.1, 0.15) is 49.8 Å². The molecule has 0 aromatic heterocycles. The summed E-state index contributed by atoms with van der Waals surface area (Å²) in [5.41, 5.74) is 6.83. The smallest absolute Gasteiger partial charge is 0.275 e. The second kappa shape index (κ2) is 8.65. The molecule has 0 bridgehead atoms. The molecule has 2 aliphatic rings. The van der Waals surface area contributed by atoms with Crippen LogP contribution < -0.4 is 15.2 Å². The highest BCUT2D eigenvalue weighted by Crippen LogP contribution is 2.46. The first-order chi connectivity index (χ1) is 15.4. The molecule has 2 N–H and O–H groups in total. The third-order valence-electron chi connectivity index (χ3n) is 6.56. The van der Waals surface area contributed by atoms with E-state index in [-0.39, 0.29) is 5.91 Å². The van der Waals surface area contributed by atoms with E-state index in [0.29, 0.717) is 41.5 Å². The molecular weight excluding hydrogens is 406 g/mol. The van der Waals surface area contributed by atoms with E-state index in [9.17, 15) is 9.59 Å². The van der Waals surface area contributed by atoms with Gasteiger partial charge in [0.1, 0.15) is 17.4 Å². The van der Waals surface area contributed by atoms with Crippen molar-refractivity contribution in [2.75, 3.05) is 14.2 Å². The zero-order chi connectivity index (χ0) is 22.9. The van der Waals surface area contributed by atoms with Crippen LogP contribution in [0.15, 0.2) is 53.5 Å². The first-order valence-electron chi connectivity index (χ1n) is 10.9. The highest BCUT2D eigenvalue weighted by Gasteiger charge is 2.53. The molecule has 1 aliphatic carbocycles. The summed E-state index contributed by atoms with van der Waals surface area (Å²) in [5, 5.41) is 0. The Morgan fingerprint density at radius 3 is 2.34 bits per heavy atom. The van der Waals surface area contributed by atoms with Crippen LogP contribution >= 0.6 is 0 Å². The number of ether oxygens (including phenoxy) is 2. The van der Waals surface area contributed by atoms with Crippen LogP contribution in [0.5, 0.6) is 11.5 Å². The maximum atomic E-state index is 13.8. The van der Waals surface area contributed by atoms with Crippen molar-refractivity contribution in [2.24, 2.45) is 16.6 Å². The van der Waals surface area contributed by atoms with Gasteiger partial charge in [-0.25, -0.2) is 0 Å². The number of benzene rings is 2. The third kappa shape index (κ3) is 3.72. The molecule has 1 saturated carbocycles. The van der Waals surface area contributed by atoms with Gasteiger partial charge in [-0.05, 0) is 49.3 Å².